The van der Waals surface area contributed by atoms with Crippen LogP contribution < -0.4 is 9.62 Å². The smallest absolute Gasteiger partial charge is 0.236 e. The van der Waals surface area contributed by atoms with Gasteiger partial charge in [0.05, 0.1) is 5.75 Å². The normalized spacial score (nSPS) is 25.6. The van der Waals surface area contributed by atoms with E-state index >= 15 is 0 Å². The van der Waals surface area contributed by atoms with Gasteiger partial charge in [-0.2, -0.15) is 0 Å². The molecule has 1 fully saturated rings. The van der Waals surface area contributed by atoms with Crippen LogP contribution in [0, 0.1) is 11.7 Å². The van der Waals surface area contributed by atoms with E-state index in [-0.39, 0.29) is 23.1 Å². The monoisotopic (exact) mass is 472 g/mol. The number of nitrogens with one attached hydrogen (secondary N) is 1. The number of hydrogen-bond donors (Lipinski definition) is 1. The number of carbonyl (C=O) groups is 1. The van der Waals surface area contributed by atoms with Crippen LogP contribution in [0.15, 0.2) is 42.5 Å². The minimum Gasteiger partial charge on any atom is -0.309 e. The molecule has 0 aromatic heterocycles. The lowest BCUT2D eigenvalue weighted by Gasteiger charge is -2.45. The van der Waals surface area contributed by atoms with Gasteiger partial charge >= 0.3 is 0 Å². The van der Waals surface area contributed by atoms with Crippen molar-refractivity contribution in [2.45, 2.75) is 76.5 Å². The molecule has 1 saturated carbocycles. The van der Waals surface area contributed by atoms with Crippen molar-refractivity contribution in [3.05, 3.63) is 59.4 Å². The molecule has 2 aromatic rings. The van der Waals surface area contributed by atoms with E-state index in [9.17, 15) is 17.6 Å². The van der Waals surface area contributed by atoms with E-state index in [1.807, 2.05) is 17.0 Å². The molecule has 1 amide bonds. The van der Waals surface area contributed by atoms with Crippen molar-refractivity contribution < 1.29 is 17.6 Å². The van der Waals surface area contributed by atoms with Crippen LogP contribution in [0.1, 0.15) is 70.4 Å². The molecule has 0 spiro atoms. The van der Waals surface area contributed by atoms with Crippen LogP contribution in [0.4, 0.5) is 15.8 Å². The van der Waals surface area contributed by atoms with Crippen LogP contribution >= 0.6 is 0 Å². The minimum atomic E-state index is -3.67. The highest BCUT2D eigenvalue weighted by Gasteiger charge is 2.42. The molecule has 0 bridgehead atoms. The minimum absolute atomic E-state index is 0.163. The molecule has 1 aliphatic carbocycles. The molecule has 5 nitrogen and oxygen atoms in total. The molecule has 0 saturated heterocycles. The maximum absolute atomic E-state index is 13.2. The van der Waals surface area contributed by atoms with Crippen LogP contribution in [0.25, 0.3) is 0 Å². The first-order valence-corrected chi connectivity index (χ1v) is 13.5. The number of rotatable bonds is 6. The summed E-state index contributed by atoms with van der Waals surface area (Å²) in [6, 6.07) is 11.2. The van der Waals surface area contributed by atoms with E-state index in [2.05, 4.69) is 25.5 Å². The van der Waals surface area contributed by atoms with Gasteiger partial charge in [-0.1, -0.05) is 32.9 Å². The van der Waals surface area contributed by atoms with Gasteiger partial charge in [0.15, 0.2) is 0 Å². The Morgan fingerprint density at radius 1 is 1.09 bits per heavy atom. The summed E-state index contributed by atoms with van der Waals surface area (Å²) in [5, 5.41) is 0. The third-order valence-electron chi connectivity index (χ3n) is 7.39. The van der Waals surface area contributed by atoms with E-state index in [1.54, 1.807) is 6.07 Å². The fraction of sp³-hybridized carbons (Fsp3) is 0.500. The Kier molecular flexibility index (Phi) is 6.54. The van der Waals surface area contributed by atoms with Crippen LogP contribution in [0.3, 0.4) is 0 Å². The van der Waals surface area contributed by atoms with E-state index < -0.39 is 15.8 Å². The van der Waals surface area contributed by atoms with Gasteiger partial charge in [0.1, 0.15) is 5.82 Å². The summed E-state index contributed by atoms with van der Waals surface area (Å²) in [5.41, 5.74) is 2.59. The maximum Gasteiger partial charge on any atom is 0.236 e. The van der Waals surface area contributed by atoms with Crippen molar-refractivity contribution in [1.82, 2.24) is 0 Å². The van der Waals surface area contributed by atoms with Gasteiger partial charge in [0, 0.05) is 29.3 Å². The molecule has 0 radical (unpaired) electrons. The first kappa shape index (κ1) is 23.7. The Morgan fingerprint density at radius 3 is 2.39 bits per heavy atom. The molecular weight excluding hydrogens is 439 g/mol. The Hall–Kier alpha value is -2.41. The molecule has 178 valence electrons. The van der Waals surface area contributed by atoms with Gasteiger partial charge in [-0.3, -0.25) is 9.52 Å². The summed E-state index contributed by atoms with van der Waals surface area (Å²) in [4.78, 5) is 15.2. The number of nitrogens with zero attached hydrogens (tertiary/aromatic N) is 1. The van der Waals surface area contributed by atoms with Gasteiger partial charge in [0.2, 0.25) is 15.9 Å². The van der Waals surface area contributed by atoms with Gasteiger partial charge in [0.25, 0.3) is 0 Å². The molecule has 2 aromatic carbocycles. The SMILES string of the molecule is CCC1(C)CC(=O)N(C2CCC(C)CC2)c2ccc(NS(=O)(=O)Cc3ccc(F)cc3)cc21. The van der Waals surface area contributed by atoms with Crippen molar-refractivity contribution in [3.8, 4) is 0 Å². The molecule has 4 rings (SSSR count). The zero-order valence-corrected chi connectivity index (χ0v) is 20.4. The third kappa shape index (κ3) is 5.08. The second-order valence-electron chi connectivity index (χ2n) is 9.99. The number of fused-ring (bicyclic) bond motifs is 1. The average molecular weight is 473 g/mol. The summed E-state index contributed by atoms with van der Waals surface area (Å²) < 4.78 is 41.4. The lowest BCUT2D eigenvalue weighted by atomic mass is 9.72. The molecule has 1 unspecified atom stereocenters. The van der Waals surface area contributed by atoms with Crippen molar-refractivity contribution in [3.63, 3.8) is 0 Å². The zero-order valence-electron chi connectivity index (χ0n) is 19.6. The lowest BCUT2D eigenvalue weighted by molar-refractivity contribution is -0.121. The van der Waals surface area contributed by atoms with Crippen LogP contribution in [-0.4, -0.2) is 20.4 Å². The lowest BCUT2D eigenvalue weighted by Crippen LogP contribution is -2.49. The van der Waals surface area contributed by atoms with Crippen LogP contribution in [-0.2, 0) is 26.0 Å². The highest BCUT2D eigenvalue weighted by molar-refractivity contribution is 7.91. The summed E-state index contributed by atoms with van der Waals surface area (Å²) in [6.07, 6.45) is 5.45. The van der Waals surface area contributed by atoms with Crippen LogP contribution in [0.2, 0.25) is 0 Å². The predicted molar refractivity (Wildman–Crippen MR) is 130 cm³/mol. The van der Waals surface area contributed by atoms with Crippen molar-refractivity contribution in [1.29, 1.82) is 0 Å². The Morgan fingerprint density at radius 2 is 1.76 bits per heavy atom. The third-order valence-corrected chi connectivity index (χ3v) is 8.65. The summed E-state index contributed by atoms with van der Waals surface area (Å²) in [5.74, 6) is 0.222. The second kappa shape index (κ2) is 9.09. The molecule has 1 atom stereocenters. The standard InChI is InChI=1S/C26H33FN2O3S/c1-4-26(3)16-25(30)29(22-12-5-18(2)6-13-22)24-14-11-21(15-23(24)26)28-33(31,32)17-19-7-9-20(27)10-8-19/h7-11,14-15,18,22,28H,4-6,12-13,16-17H2,1-3H3. The number of hydrogen-bond acceptors (Lipinski definition) is 3. The summed E-state index contributed by atoms with van der Waals surface area (Å²) >= 11 is 0. The first-order chi connectivity index (χ1) is 15.6. The Bertz CT molecular complexity index is 1120. The highest BCUT2D eigenvalue weighted by Crippen LogP contribution is 2.46. The van der Waals surface area contributed by atoms with Gasteiger partial charge < -0.3 is 4.90 Å². The first-order valence-electron chi connectivity index (χ1n) is 11.8. The molecule has 1 aliphatic heterocycles. The van der Waals surface area contributed by atoms with Crippen molar-refractivity contribution >= 4 is 27.3 Å². The van der Waals surface area contributed by atoms with E-state index in [0.717, 1.165) is 43.4 Å². The molecule has 2 aliphatic rings. The van der Waals surface area contributed by atoms with Crippen molar-refractivity contribution in [2.75, 3.05) is 9.62 Å². The van der Waals surface area contributed by atoms with E-state index in [4.69, 9.17) is 0 Å². The summed E-state index contributed by atoms with van der Waals surface area (Å²) in [6.45, 7) is 6.42. The topological polar surface area (TPSA) is 66.5 Å². The Balaban J connectivity index is 1.63. The predicted octanol–water partition coefficient (Wildman–Crippen LogP) is 5.75. The fourth-order valence-corrected chi connectivity index (χ4v) is 6.36. The fourth-order valence-electron chi connectivity index (χ4n) is 5.17. The maximum atomic E-state index is 13.2. The van der Waals surface area contributed by atoms with Gasteiger partial charge in [-0.25, -0.2) is 12.8 Å². The highest BCUT2D eigenvalue weighted by atomic mass is 32.2. The van der Waals surface area contributed by atoms with Gasteiger partial charge in [-0.05, 0) is 79.5 Å². The largest absolute Gasteiger partial charge is 0.309 e. The second-order valence-corrected chi connectivity index (χ2v) is 11.7. The molecule has 1 N–H and O–H groups in total. The number of sulfonamides is 1. The van der Waals surface area contributed by atoms with E-state index in [1.165, 1.54) is 24.3 Å². The molecule has 33 heavy (non-hydrogen) atoms. The number of amides is 1. The van der Waals surface area contributed by atoms with Crippen molar-refractivity contribution in [2.24, 2.45) is 5.92 Å². The summed E-state index contributed by atoms with van der Waals surface area (Å²) in [7, 11) is -3.67. The number of carbonyl (C=O) groups excluding carboxylic acids is 1. The number of halogens is 1. The quantitative estimate of drug-likeness (QED) is 0.582. The van der Waals surface area contributed by atoms with Gasteiger partial charge in [-0.15, -0.1) is 0 Å². The van der Waals surface area contributed by atoms with Crippen LogP contribution in [0.5, 0.6) is 0 Å². The average Bonchev–Trinajstić information content (AvgIpc) is 2.76. The zero-order chi connectivity index (χ0) is 23.8. The van der Waals surface area contributed by atoms with E-state index in [0.29, 0.717) is 23.6 Å². The molecular formula is C26H33FN2O3S. The molecule has 7 heteroatoms. The number of anilines is 2. The molecule has 1 heterocycles. The number of benzene rings is 2. The Labute approximate surface area is 196 Å².